The largest absolute Gasteiger partial charge is 0.496 e. The molecule has 2 aromatic carbocycles. The smallest absolute Gasteiger partial charge is 0.269 e. The number of aromatic amines is 1. The van der Waals surface area contributed by atoms with Gasteiger partial charge in [0.2, 0.25) is 0 Å². The summed E-state index contributed by atoms with van der Waals surface area (Å²) in [5.41, 5.74) is 2.84. The molecule has 146 valence electrons. The molecule has 1 heterocycles. The Morgan fingerprint density at radius 2 is 1.86 bits per heavy atom. The van der Waals surface area contributed by atoms with Crippen LogP contribution in [0, 0.1) is 0 Å². The van der Waals surface area contributed by atoms with E-state index in [1.807, 2.05) is 48.5 Å². The number of unbranched alkanes of at least 4 members (excludes halogenated alkanes) is 1. The zero-order valence-electron chi connectivity index (χ0n) is 16.2. The molecule has 0 spiro atoms. The first-order valence-electron chi connectivity index (χ1n) is 9.40. The quantitative estimate of drug-likeness (QED) is 0.547. The fourth-order valence-electron chi connectivity index (χ4n) is 2.83. The number of carbonyl (C=O) groups is 1. The zero-order chi connectivity index (χ0) is 19.8. The van der Waals surface area contributed by atoms with Crippen LogP contribution in [0.15, 0.2) is 54.6 Å². The Morgan fingerprint density at radius 1 is 1.11 bits per heavy atom. The summed E-state index contributed by atoms with van der Waals surface area (Å²) in [6, 6.07) is 17.0. The molecule has 0 aliphatic heterocycles. The standard InChI is InChI=1S/C22H25N3O3/c1-3-4-13-28-21-12-8-6-10-17(21)18-14-19(25-24-18)22(26)23-15-16-9-5-7-11-20(16)27-2/h5-12,14H,3-4,13,15H2,1-2H3,(H,23,26)(H,24,25). The van der Waals surface area contributed by atoms with E-state index in [4.69, 9.17) is 9.47 Å². The highest BCUT2D eigenvalue weighted by Gasteiger charge is 2.14. The van der Waals surface area contributed by atoms with Gasteiger partial charge < -0.3 is 14.8 Å². The summed E-state index contributed by atoms with van der Waals surface area (Å²) in [7, 11) is 1.61. The van der Waals surface area contributed by atoms with Gasteiger partial charge in [0.15, 0.2) is 0 Å². The van der Waals surface area contributed by atoms with Gasteiger partial charge in [0.05, 0.1) is 19.4 Å². The molecule has 0 saturated heterocycles. The number of nitrogens with zero attached hydrogens (tertiary/aromatic N) is 1. The van der Waals surface area contributed by atoms with Gasteiger partial charge in [-0.2, -0.15) is 5.10 Å². The number of rotatable bonds is 9. The van der Waals surface area contributed by atoms with Crippen molar-refractivity contribution in [3.8, 4) is 22.8 Å². The third-order valence-corrected chi connectivity index (χ3v) is 4.37. The van der Waals surface area contributed by atoms with Crippen molar-refractivity contribution in [2.75, 3.05) is 13.7 Å². The summed E-state index contributed by atoms with van der Waals surface area (Å²) in [5.74, 6) is 1.28. The molecule has 0 aliphatic rings. The van der Waals surface area contributed by atoms with Gasteiger partial charge in [-0.3, -0.25) is 9.89 Å². The molecule has 0 aliphatic carbocycles. The summed E-state index contributed by atoms with van der Waals surface area (Å²) >= 11 is 0. The number of H-pyrrole nitrogens is 1. The van der Waals surface area contributed by atoms with Crippen LogP contribution in [-0.4, -0.2) is 29.8 Å². The molecule has 0 saturated carbocycles. The van der Waals surface area contributed by atoms with Crippen molar-refractivity contribution < 1.29 is 14.3 Å². The zero-order valence-corrected chi connectivity index (χ0v) is 16.2. The summed E-state index contributed by atoms with van der Waals surface area (Å²) in [6.07, 6.45) is 2.06. The maximum atomic E-state index is 12.5. The van der Waals surface area contributed by atoms with Crippen LogP contribution in [0.25, 0.3) is 11.3 Å². The van der Waals surface area contributed by atoms with Gasteiger partial charge >= 0.3 is 0 Å². The Morgan fingerprint density at radius 3 is 2.64 bits per heavy atom. The summed E-state index contributed by atoms with van der Waals surface area (Å²) in [4.78, 5) is 12.5. The second-order valence-electron chi connectivity index (χ2n) is 6.36. The SMILES string of the molecule is CCCCOc1ccccc1-c1cc(C(=O)NCc2ccccc2OC)[nH]n1. The molecule has 2 N–H and O–H groups in total. The number of hydrogen-bond donors (Lipinski definition) is 2. The Kier molecular flexibility index (Phi) is 6.68. The molecule has 6 nitrogen and oxygen atoms in total. The Labute approximate surface area is 164 Å². The first-order valence-corrected chi connectivity index (χ1v) is 9.40. The van der Waals surface area contributed by atoms with E-state index in [1.165, 1.54) is 0 Å². The number of carbonyl (C=O) groups excluding carboxylic acids is 1. The molecular weight excluding hydrogens is 354 g/mol. The van der Waals surface area contributed by atoms with Gasteiger partial charge in [-0.1, -0.05) is 43.7 Å². The van der Waals surface area contributed by atoms with E-state index in [0.717, 1.165) is 35.5 Å². The lowest BCUT2D eigenvalue weighted by Crippen LogP contribution is -2.23. The van der Waals surface area contributed by atoms with Gasteiger partial charge in [0.25, 0.3) is 5.91 Å². The third kappa shape index (κ3) is 4.71. The Balaban J connectivity index is 1.69. The molecule has 0 unspecified atom stereocenters. The van der Waals surface area contributed by atoms with Crippen LogP contribution >= 0.6 is 0 Å². The van der Waals surface area contributed by atoms with Crippen LogP contribution < -0.4 is 14.8 Å². The number of para-hydroxylation sites is 2. The van der Waals surface area contributed by atoms with Crippen molar-refractivity contribution >= 4 is 5.91 Å². The number of ether oxygens (including phenoxy) is 2. The second kappa shape index (κ2) is 9.60. The molecule has 3 aromatic rings. The highest BCUT2D eigenvalue weighted by Crippen LogP contribution is 2.29. The van der Waals surface area contributed by atoms with E-state index in [9.17, 15) is 4.79 Å². The van der Waals surface area contributed by atoms with Crippen LogP contribution in [0.2, 0.25) is 0 Å². The normalized spacial score (nSPS) is 10.5. The van der Waals surface area contributed by atoms with E-state index in [-0.39, 0.29) is 5.91 Å². The number of hydrogen-bond acceptors (Lipinski definition) is 4. The molecule has 3 rings (SSSR count). The Hall–Kier alpha value is -3.28. The molecule has 1 aromatic heterocycles. The fraction of sp³-hybridized carbons (Fsp3) is 0.273. The monoisotopic (exact) mass is 379 g/mol. The molecule has 1 amide bonds. The molecule has 6 heteroatoms. The van der Waals surface area contributed by atoms with Gasteiger partial charge in [0.1, 0.15) is 17.2 Å². The number of methoxy groups -OCH3 is 1. The predicted molar refractivity (Wildman–Crippen MR) is 109 cm³/mol. The van der Waals surface area contributed by atoms with Crippen LogP contribution in [0.4, 0.5) is 0 Å². The average molecular weight is 379 g/mol. The van der Waals surface area contributed by atoms with Crippen molar-refractivity contribution in [2.45, 2.75) is 26.3 Å². The van der Waals surface area contributed by atoms with E-state index >= 15 is 0 Å². The topological polar surface area (TPSA) is 76.2 Å². The first kappa shape index (κ1) is 19.5. The average Bonchev–Trinajstić information content (AvgIpc) is 3.23. The minimum absolute atomic E-state index is 0.228. The highest BCUT2D eigenvalue weighted by atomic mass is 16.5. The number of aromatic nitrogens is 2. The lowest BCUT2D eigenvalue weighted by atomic mass is 10.1. The maximum absolute atomic E-state index is 12.5. The van der Waals surface area contributed by atoms with E-state index in [0.29, 0.717) is 24.5 Å². The first-order chi connectivity index (χ1) is 13.7. The maximum Gasteiger partial charge on any atom is 0.269 e. The van der Waals surface area contributed by atoms with Crippen molar-refractivity contribution in [3.05, 3.63) is 65.9 Å². The molecule has 28 heavy (non-hydrogen) atoms. The fourth-order valence-corrected chi connectivity index (χ4v) is 2.83. The minimum atomic E-state index is -0.228. The summed E-state index contributed by atoms with van der Waals surface area (Å²) in [6.45, 7) is 3.15. The Bertz CT molecular complexity index is 921. The number of nitrogens with one attached hydrogen (secondary N) is 2. The number of amides is 1. The summed E-state index contributed by atoms with van der Waals surface area (Å²) in [5, 5.41) is 10.00. The van der Waals surface area contributed by atoms with Crippen molar-refractivity contribution in [1.82, 2.24) is 15.5 Å². The highest BCUT2D eigenvalue weighted by molar-refractivity contribution is 5.93. The molecule has 0 atom stereocenters. The van der Waals surface area contributed by atoms with Crippen molar-refractivity contribution in [1.29, 1.82) is 0 Å². The van der Waals surface area contributed by atoms with Gasteiger partial charge in [-0.15, -0.1) is 0 Å². The van der Waals surface area contributed by atoms with E-state index < -0.39 is 0 Å². The summed E-state index contributed by atoms with van der Waals surface area (Å²) < 4.78 is 11.2. The minimum Gasteiger partial charge on any atom is -0.496 e. The van der Waals surface area contributed by atoms with Crippen LogP contribution in [0.1, 0.15) is 35.8 Å². The van der Waals surface area contributed by atoms with Crippen LogP contribution in [0.5, 0.6) is 11.5 Å². The van der Waals surface area contributed by atoms with E-state index in [2.05, 4.69) is 22.4 Å². The molecular formula is C22H25N3O3. The van der Waals surface area contributed by atoms with Crippen LogP contribution in [0.3, 0.4) is 0 Å². The number of benzene rings is 2. The lowest BCUT2D eigenvalue weighted by Gasteiger charge is -2.09. The molecule has 0 fully saturated rings. The van der Waals surface area contributed by atoms with Gasteiger partial charge in [-0.05, 0) is 30.7 Å². The predicted octanol–water partition coefficient (Wildman–Crippen LogP) is 4.19. The van der Waals surface area contributed by atoms with Crippen LogP contribution in [-0.2, 0) is 6.54 Å². The third-order valence-electron chi connectivity index (χ3n) is 4.37. The molecule has 0 radical (unpaired) electrons. The van der Waals surface area contributed by atoms with Gasteiger partial charge in [0, 0.05) is 17.7 Å². The van der Waals surface area contributed by atoms with Gasteiger partial charge in [-0.25, -0.2) is 0 Å². The molecule has 0 bridgehead atoms. The van der Waals surface area contributed by atoms with Crippen molar-refractivity contribution in [3.63, 3.8) is 0 Å². The lowest BCUT2D eigenvalue weighted by molar-refractivity contribution is 0.0945. The van der Waals surface area contributed by atoms with E-state index in [1.54, 1.807) is 13.2 Å². The second-order valence-corrected chi connectivity index (χ2v) is 6.36. The van der Waals surface area contributed by atoms with Crippen molar-refractivity contribution in [2.24, 2.45) is 0 Å².